The smallest absolute Gasteiger partial charge is 0.346 e. The lowest BCUT2D eigenvalue weighted by Gasteiger charge is -2.12. The topological polar surface area (TPSA) is 73.9 Å². The van der Waals surface area contributed by atoms with E-state index in [9.17, 15) is 9.59 Å². The Morgan fingerprint density at radius 1 is 1.00 bits per heavy atom. The van der Waals surface area contributed by atoms with Crippen molar-refractivity contribution in [1.82, 2.24) is 0 Å². The van der Waals surface area contributed by atoms with Crippen LogP contribution in [0, 0.1) is 3.57 Å². The summed E-state index contributed by atoms with van der Waals surface area (Å²) in [7, 11) is 2.88. The molecule has 2 aromatic rings. The summed E-state index contributed by atoms with van der Waals surface area (Å²) in [4.78, 5) is 24.2. The molecule has 1 amide bonds. The van der Waals surface area contributed by atoms with E-state index in [-0.39, 0.29) is 5.56 Å². The number of para-hydroxylation sites is 1. The van der Waals surface area contributed by atoms with Gasteiger partial charge in [0, 0.05) is 3.57 Å². The summed E-state index contributed by atoms with van der Waals surface area (Å²) >= 11 is 2.11. The van der Waals surface area contributed by atoms with Crippen molar-refractivity contribution in [3.8, 4) is 11.5 Å². The Kier molecular flexibility index (Phi) is 6.42. The Bertz CT molecular complexity index is 725. The molecule has 0 aliphatic rings. The van der Waals surface area contributed by atoms with Gasteiger partial charge in [-0.1, -0.05) is 18.2 Å². The Balaban J connectivity index is 2.03. The number of carbonyl (C=O) groups is 2. The number of nitrogens with one attached hydrogen (secondary N) is 1. The second-order valence-electron chi connectivity index (χ2n) is 4.64. The fraction of sp³-hybridized carbons (Fsp3) is 0.176. The van der Waals surface area contributed by atoms with Gasteiger partial charge in [-0.2, -0.15) is 0 Å². The lowest BCUT2D eigenvalue weighted by Crippen LogP contribution is -2.21. The normalized spacial score (nSPS) is 9.96. The van der Waals surface area contributed by atoms with E-state index in [0.717, 1.165) is 3.57 Å². The summed E-state index contributed by atoms with van der Waals surface area (Å²) in [6.07, 6.45) is 0. The van der Waals surface area contributed by atoms with Gasteiger partial charge in [0.1, 0.15) is 17.1 Å². The third-order valence-electron chi connectivity index (χ3n) is 3.11. The van der Waals surface area contributed by atoms with E-state index < -0.39 is 18.5 Å². The van der Waals surface area contributed by atoms with Gasteiger partial charge < -0.3 is 19.5 Å². The standard InChI is InChI=1S/C17H16INO5/c1-22-13-8-5-9-14(23-2)16(13)17(21)24-10-15(20)19-12-7-4-3-6-11(12)18/h3-9H,10H2,1-2H3,(H,19,20). The fourth-order valence-corrected chi connectivity index (χ4v) is 2.53. The molecule has 0 spiro atoms. The average Bonchev–Trinajstić information content (AvgIpc) is 2.60. The summed E-state index contributed by atoms with van der Waals surface area (Å²) in [6.45, 7) is -0.412. The zero-order valence-electron chi connectivity index (χ0n) is 13.2. The molecular weight excluding hydrogens is 425 g/mol. The third kappa shape index (κ3) is 4.38. The molecule has 0 aromatic heterocycles. The Morgan fingerprint density at radius 2 is 1.62 bits per heavy atom. The van der Waals surface area contributed by atoms with Crippen LogP contribution in [0.3, 0.4) is 0 Å². The molecule has 6 nitrogen and oxygen atoms in total. The van der Waals surface area contributed by atoms with Crippen LogP contribution in [0.25, 0.3) is 0 Å². The number of hydrogen-bond donors (Lipinski definition) is 1. The van der Waals surface area contributed by atoms with Crippen LogP contribution in [0.1, 0.15) is 10.4 Å². The summed E-state index contributed by atoms with van der Waals surface area (Å²) in [5.41, 5.74) is 0.804. The molecule has 0 saturated carbocycles. The minimum absolute atomic E-state index is 0.143. The first-order valence-corrected chi connectivity index (χ1v) is 8.07. The summed E-state index contributed by atoms with van der Waals surface area (Å²) in [5.74, 6) is -0.488. The highest BCUT2D eigenvalue weighted by atomic mass is 127. The van der Waals surface area contributed by atoms with Crippen molar-refractivity contribution in [2.24, 2.45) is 0 Å². The first-order valence-electron chi connectivity index (χ1n) is 6.99. The number of amides is 1. The van der Waals surface area contributed by atoms with Crippen LogP contribution in [0.2, 0.25) is 0 Å². The van der Waals surface area contributed by atoms with Gasteiger partial charge in [-0.25, -0.2) is 4.79 Å². The van der Waals surface area contributed by atoms with Crippen LogP contribution in [0.15, 0.2) is 42.5 Å². The van der Waals surface area contributed by atoms with Crippen molar-refractivity contribution >= 4 is 40.2 Å². The van der Waals surface area contributed by atoms with E-state index in [2.05, 4.69) is 27.9 Å². The molecule has 0 atom stereocenters. The maximum Gasteiger partial charge on any atom is 0.346 e. The highest BCUT2D eigenvalue weighted by Gasteiger charge is 2.20. The van der Waals surface area contributed by atoms with E-state index in [0.29, 0.717) is 17.2 Å². The van der Waals surface area contributed by atoms with Gasteiger partial charge in [-0.15, -0.1) is 0 Å². The van der Waals surface area contributed by atoms with Crippen molar-refractivity contribution in [3.05, 3.63) is 51.6 Å². The zero-order chi connectivity index (χ0) is 17.5. The van der Waals surface area contributed by atoms with Crippen molar-refractivity contribution < 1.29 is 23.8 Å². The number of benzene rings is 2. The lowest BCUT2D eigenvalue weighted by molar-refractivity contribution is -0.119. The number of hydrogen-bond acceptors (Lipinski definition) is 5. The number of halogens is 1. The maximum atomic E-state index is 12.3. The molecule has 0 radical (unpaired) electrons. The second kappa shape index (κ2) is 8.53. The molecular formula is C17H16INO5. The summed E-state index contributed by atoms with van der Waals surface area (Å²) in [5, 5.41) is 2.69. The van der Waals surface area contributed by atoms with Crippen molar-refractivity contribution in [2.45, 2.75) is 0 Å². The van der Waals surface area contributed by atoms with E-state index in [4.69, 9.17) is 14.2 Å². The highest BCUT2D eigenvalue weighted by molar-refractivity contribution is 14.1. The molecule has 0 unspecified atom stereocenters. The summed E-state index contributed by atoms with van der Waals surface area (Å²) in [6, 6.07) is 12.2. The molecule has 0 fully saturated rings. The van der Waals surface area contributed by atoms with Crippen LogP contribution >= 0.6 is 22.6 Å². The molecule has 0 saturated heterocycles. The number of rotatable bonds is 6. The van der Waals surface area contributed by atoms with Crippen LogP contribution in [-0.4, -0.2) is 32.7 Å². The molecule has 0 aliphatic heterocycles. The Labute approximate surface area is 153 Å². The highest BCUT2D eigenvalue weighted by Crippen LogP contribution is 2.28. The third-order valence-corrected chi connectivity index (χ3v) is 4.05. The van der Waals surface area contributed by atoms with Gasteiger partial charge in [0.15, 0.2) is 6.61 Å². The van der Waals surface area contributed by atoms with Gasteiger partial charge in [0.2, 0.25) is 0 Å². The monoisotopic (exact) mass is 441 g/mol. The predicted octanol–water partition coefficient (Wildman–Crippen LogP) is 3.10. The number of methoxy groups -OCH3 is 2. The number of ether oxygens (including phenoxy) is 3. The molecule has 24 heavy (non-hydrogen) atoms. The molecule has 1 N–H and O–H groups in total. The molecule has 126 valence electrons. The zero-order valence-corrected chi connectivity index (χ0v) is 15.3. The quantitative estimate of drug-likeness (QED) is 0.551. The molecule has 0 aliphatic carbocycles. The van der Waals surface area contributed by atoms with E-state index in [1.165, 1.54) is 14.2 Å². The van der Waals surface area contributed by atoms with Gasteiger partial charge >= 0.3 is 5.97 Å². The number of anilines is 1. The first kappa shape index (κ1) is 18.1. The van der Waals surface area contributed by atoms with Crippen LogP contribution in [0.5, 0.6) is 11.5 Å². The SMILES string of the molecule is COc1cccc(OC)c1C(=O)OCC(=O)Nc1ccccc1I. The van der Waals surface area contributed by atoms with Crippen molar-refractivity contribution in [1.29, 1.82) is 0 Å². The van der Waals surface area contributed by atoms with E-state index >= 15 is 0 Å². The van der Waals surface area contributed by atoms with Gasteiger partial charge in [0.25, 0.3) is 5.91 Å². The second-order valence-corrected chi connectivity index (χ2v) is 5.80. The molecule has 2 aromatic carbocycles. The summed E-state index contributed by atoms with van der Waals surface area (Å²) < 4.78 is 16.3. The van der Waals surface area contributed by atoms with E-state index in [1.54, 1.807) is 24.3 Å². The minimum atomic E-state index is -0.692. The van der Waals surface area contributed by atoms with Crippen LogP contribution < -0.4 is 14.8 Å². The predicted molar refractivity (Wildman–Crippen MR) is 97.6 cm³/mol. The van der Waals surface area contributed by atoms with Crippen LogP contribution in [0.4, 0.5) is 5.69 Å². The average molecular weight is 441 g/mol. The maximum absolute atomic E-state index is 12.3. The molecule has 0 heterocycles. The molecule has 2 rings (SSSR count). The first-order chi connectivity index (χ1) is 11.6. The number of carbonyl (C=O) groups excluding carboxylic acids is 2. The number of esters is 1. The largest absolute Gasteiger partial charge is 0.496 e. The van der Waals surface area contributed by atoms with Crippen LogP contribution in [-0.2, 0) is 9.53 Å². The van der Waals surface area contributed by atoms with Gasteiger partial charge in [0.05, 0.1) is 19.9 Å². The Hall–Kier alpha value is -2.29. The molecule has 7 heteroatoms. The lowest BCUT2D eigenvalue weighted by atomic mass is 10.2. The fourth-order valence-electron chi connectivity index (χ4n) is 2.00. The van der Waals surface area contributed by atoms with E-state index in [1.807, 2.05) is 18.2 Å². The Morgan fingerprint density at radius 3 is 2.21 bits per heavy atom. The van der Waals surface area contributed by atoms with Crippen molar-refractivity contribution in [3.63, 3.8) is 0 Å². The van der Waals surface area contributed by atoms with Gasteiger partial charge in [-0.3, -0.25) is 4.79 Å². The minimum Gasteiger partial charge on any atom is -0.496 e. The molecule has 0 bridgehead atoms. The van der Waals surface area contributed by atoms with Gasteiger partial charge in [-0.05, 0) is 46.9 Å². The van der Waals surface area contributed by atoms with Crippen molar-refractivity contribution in [2.75, 3.05) is 26.1 Å².